The van der Waals surface area contributed by atoms with Crippen molar-refractivity contribution in [2.24, 2.45) is 0 Å². The molecule has 0 amide bonds. The standard InChI is InChI=1S/4C10H13NO3.C7H8BrNO.2CH4/c1-3-14-10(12)8-4-5-11-9(6-8)7-13-2;1-3-14-10(12)8-4-5-9(7-13-2)11-6-8;1-3-14-10(12)8-5-4-6-11-9(8)7-13-2;1-3-14-10(12)9-6-4-5-8(11-9)7-13-2;1-10-5-6-3-2-4-7(8)9-6;;/h4*4-6H,3,7H2,1-2H3;2-4H,5H2,1H3;2*1H4. The molecule has 0 fully saturated rings. The number of hydrogen-bond acceptors (Lipinski definition) is 18. The van der Waals surface area contributed by atoms with Crippen molar-refractivity contribution in [3.8, 4) is 0 Å². The van der Waals surface area contributed by atoms with Crippen molar-refractivity contribution >= 4 is 39.8 Å². The number of aromatic nitrogens is 5. The fourth-order valence-electron chi connectivity index (χ4n) is 4.83. The fourth-order valence-corrected chi connectivity index (χ4v) is 5.21. The molecular formula is C49H68BrN5O13. The van der Waals surface area contributed by atoms with E-state index in [1.54, 1.807) is 130 Å². The molecule has 0 aliphatic carbocycles. The van der Waals surface area contributed by atoms with E-state index in [1.165, 1.54) is 6.20 Å². The largest absolute Gasteiger partial charge is 0.462 e. The Morgan fingerprint density at radius 1 is 0.471 bits per heavy atom. The van der Waals surface area contributed by atoms with E-state index < -0.39 is 5.97 Å². The summed E-state index contributed by atoms with van der Waals surface area (Å²) in [4.78, 5) is 65.6. The number of pyridine rings is 5. The van der Waals surface area contributed by atoms with Crippen LogP contribution in [-0.4, -0.2) is 111 Å². The van der Waals surface area contributed by atoms with Gasteiger partial charge < -0.3 is 42.6 Å². The number of carbonyl (C=O) groups is 4. The van der Waals surface area contributed by atoms with Crippen LogP contribution in [0.1, 0.15) is 113 Å². The van der Waals surface area contributed by atoms with Crippen LogP contribution in [0.2, 0.25) is 0 Å². The third-order valence-corrected chi connectivity index (χ3v) is 8.00. The van der Waals surface area contributed by atoms with Crippen LogP contribution in [0.25, 0.3) is 0 Å². The average molecular weight is 1020 g/mol. The quantitative estimate of drug-likeness (QED) is 0.0455. The number of nitrogens with zero attached hydrogens (tertiary/aromatic N) is 5. The first-order valence-corrected chi connectivity index (χ1v) is 21.3. The van der Waals surface area contributed by atoms with Crippen LogP contribution >= 0.6 is 15.9 Å². The van der Waals surface area contributed by atoms with E-state index in [2.05, 4.69) is 40.8 Å². The molecule has 0 radical (unpaired) electrons. The summed E-state index contributed by atoms with van der Waals surface area (Å²) < 4.78 is 44.8. The molecule has 0 bridgehead atoms. The second-order valence-electron chi connectivity index (χ2n) is 12.6. The predicted molar refractivity (Wildman–Crippen MR) is 260 cm³/mol. The van der Waals surface area contributed by atoms with Crippen molar-refractivity contribution < 1.29 is 61.8 Å². The molecule has 0 aliphatic heterocycles. The zero-order chi connectivity index (χ0) is 49.0. The van der Waals surface area contributed by atoms with Crippen LogP contribution in [0.4, 0.5) is 0 Å². The van der Waals surface area contributed by atoms with Crippen molar-refractivity contribution in [2.75, 3.05) is 62.0 Å². The summed E-state index contributed by atoms with van der Waals surface area (Å²) in [5.74, 6) is -1.42. The van der Waals surface area contributed by atoms with Gasteiger partial charge in [-0.05, 0) is 104 Å². The van der Waals surface area contributed by atoms with Crippen LogP contribution in [0.3, 0.4) is 0 Å². The van der Waals surface area contributed by atoms with Gasteiger partial charge in [-0.3, -0.25) is 15.0 Å². The lowest BCUT2D eigenvalue weighted by Gasteiger charge is -2.06. The van der Waals surface area contributed by atoms with Gasteiger partial charge in [-0.2, -0.15) is 0 Å². The van der Waals surface area contributed by atoms with Crippen molar-refractivity contribution in [2.45, 2.75) is 75.6 Å². The molecular weight excluding hydrogens is 946 g/mol. The highest BCUT2D eigenvalue weighted by atomic mass is 79.9. The van der Waals surface area contributed by atoms with Gasteiger partial charge in [0.2, 0.25) is 0 Å². The van der Waals surface area contributed by atoms with Crippen LogP contribution in [0.15, 0.2) is 96.0 Å². The molecule has 5 heterocycles. The van der Waals surface area contributed by atoms with Gasteiger partial charge in [-0.15, -0.1) is 0 Å². The summed E-state index contributed by atoms with van der Waals surface area (Å²) in [7, 11) is 7.98. The van der Waals surface area contributed by atoms with Crippen molar-refractivity contribution in [3.05, 3.63) is 147 Å². The molecule has 0 N–H and O–H groups in total. The van der Waals surface area contributed by atoms with E-state index in [0.29, 0.717) is 87.5 Å². The molecule has 68 heavy (non-hydrogen) atoms. The molecule has 5 aromatic heterocycles. The monoisotopic (exact) mass is 1010 g/mol. The Morgan fingerprint density at radius 3 is 1.53 bits per heavy atom. The Morgan fingerprint density at radius 2 is 0.985 bits per heavy atom. The summed E-state index contributed by atoms with van der Waals surface area (Å²) >= 11 is 3.27. The predicted octanol–water partition coefficient (Wildman–Crippen LogP) is 8.88. The highest BCUT2D eigenvalue weighted by Crippen LogP contribution is 2.10. The molecule has 0 spiro atoms. The first-order valence-electron chi connectivity index (χ1n) is 20.5. The molecule has 5 aromatic rings. The summed E-state index contributed by atoms with van der Waals surface area (Å²) in [6, 6.07) is 21.0. The topological polar surface area (TPSA) is 216 Å². The SMILES string of the molecule is C.C.CCOC(=O)c1ccc(COC)nc1.CCOC(=O)c1cccc(COC)n1.CCOC(=O)c1cccnc1COC.CCOC(=O)c1ccnc(COC)c1.COCc1cccc(Br)n1. The van der Waals surface area contributed by atoms with Crippen molar-refractivity contribution in [1.29, 1.82) is 0 Å². The summed E-state index contributed by atoms with van der Waals surface area (Å²) in [5, 5.41) is 0. The normalized spacial score (nSPS) is 9.56. The fraction of sp³-hybridized carbons (Fsp3) is 0.408. The molecule has 0 aliphatic rings. The highest BCUT2D eigenvalue weighted by Gasteiger charge is 2.13. The Bertz CT molecular complexity index is 2080. The van der Waals surface area contributed by atoms with Gasteiger partial charge in [0.05, 0.1) is 105 Å². The Kier molecular flexibility index (Phi) is 37.7. The van der Waals surface area contributed by atoms with E-state index in [9.17, 15) is 19.2 Å². The lowest BCUT2D eigenvalue weighted by Crippen LogP contribution is -2.09. The van der Waals surface area contributed by atoms with Crippen LogP contribution in [0.5, 0.6) is 0 Å². The molecule has 0 unspecified atom stereocenters. The number of ether oxygens (including phenoxy) is 9. The molecule has 18 nitrogen and oxygen atoms in total. The summed E-state index contributed by atoms with van der Waals surface area (Å²) in [6.45, 7) is 10.7. The number of halogens is 1. The van der Waals surface area contributed by atoms with E-state index in [0.717, 1.165) is 27.4 Å². The second-order valence-corrected chi connectivity index (χ2v) is 13.4. The number of hydrogen-bond donors (Lipinski definition) is 0. The highest BCUT2D eigenvalue weighted by molar-refractivity contribution is 9.10. The maximum Gasteiger partial charge on any atom is 0.356 e. The maximum absolute atomic E-state index is 11.4. The van der Waals surface area contributed by atoms with Crippen molar-refractivity contribution in [1.82, 2.24) is 24.9 Å². The Labute approximate surface area is 409 Å². The van der Waals surface area contributed by atoms with Gasteiger partial charge >= 0.3 is 23.9 Å². The first kappa shape index (κ1) is 64.0. The van der Waals surface area contributed by atoms with Gasteiger partial charge in [0.15, 0.2) is 0 Å². The lowest BCUT2D eigenvalue weighted by atomic mass is 10.2. The smallest absolute Gasteiger partial charge is 0.356 e. The number of methoxy groups -OCH3 is 5. The van der Waals surface area contributed by atoms with Crippen LogP contribution < -0.4 is 0 Å². The van der Waals surface area contributed by atoms with Crippen molar-refractivity contribution in [3.63, 3.8) is 0 Å². The number of carbonyl (C=O) groups excluding carboxylic acids is 4. The van der Waals surface area contributed by atoms with Gasteiger partial charge in [-0.25, -0.2) is 29.1 Å². The molecule has 0 atom stereocenters. The van der Waals surface area contributed by atoms with Crippen LogP contribution in [0, 0.1) is 0 Å². The third-order valence-electron chi connectivity index (χ3n) is 7.56. The molecule has 0 saturated heterocycles. The van der Waals surface area contributed by atoms with E-state index in [-0.39, 0.29) is 32.8 Å². The lowest BCUT2D eigenvalue weighted by molar-refractivity contribution is 0.0510. The molecule has 0 aromatic carbocycles. The van der Waals surface area contributed by atoms with E-state index in [1.807, 2.05) is 18.2 Å². The number of rotatable bonds is 18. The number of esters is 4. The summed E-state index contributed by atoms with van der Waals surface area (Å²) in [6.07, 6.45) is 4.68. The van der Waals surface area contributed by atoms with Gasteiger partial charge in [-0.1, -0.05) is 27.0 Å². The van der Waals surface area contributed by atoms with Gasteiger partial charge in [0, 0.05) is 54.1 Å². The van der Waals surface area contributed by atoms with Gasteiger partial charge in [0.25, 0.3) is 0 Å². The Hall–Kier alpha value is -6.09. The summed E-state index contributed by atoms with van der Waals surface area (Å²) in [5.41, 5.74) is 5.54. The molecule has 19 heteroatoms. The second kappa shape index (κ2) is 40.0. The van der Waals surface area contributed by atoms with Crippen LogP contribution in [-0.2, 0) is 75.7 Å². The minimum atomic E-state index is -0.398. The van der Waals surface area contributed by atoms with E-state index in [4.69, 9.17) is 42.6 Å². The minimum Gasteiger partial charge on any atom is -0.462 e. The maximum atomic E-state index is 11.4. The van der Waals surface area contributed by atoms with Gasteiger partial charge in [0.1, 0.15) is 10.3 Å². The molecule has 374 valence electrons. The van der Waals surface area contributed by atoms with E-state index >= 15 is 0 Å². The molecule has 5 rings (SSSR count). The minimum absolute atomic E-state index is 0. The zero-order valence-corrected chi connectivity index (χ0v) is 40.5. The third kappa shape index (κ3) is 26.9. The first-order chi connectivity index (χ1) is 31.9. The average Bonchev–Trinajstić information content (AvgIpc) is 3.31. The zero-order valence-electron chi connectivity index (χ0n) is 38.9. The Balaban J connectivity index is 0. The molecule has 0 saturated carbocycles.